The highest BCUT2D eigenvalue weighted by molar-refractivity contribution is 9.11. The van der Waals surface area contributed by atoms with Crippen LogP contribution in [0.15, 0.2) is 15.9 Å². The minimum absolute atomic E-state index is 0.171. The van der Waals surface area contributed by atoms with E-state index in [2.05, 4.69) is 45.6 Å². The van der Waals surface area contributed by atoms with E-state index in [1.54, 1.807) is 11.3 Å². The van der Waals surface area contributed by atoms with Crippen LogP contribution in [0.5, 0.6) is 0 Å². The molecule has 1 aromatic rings. The van der Waals surface area contributed by atoms with Crippen LogP contribution >= 0.6 is 27.3 Å². The molecule has 1 aliphatic rings. The second-order valence-corrected chi connectivity index (χ2v) is 7.32. The molecule has 1 amide bonds. The summed E-state index contributed by atoms with van der Waals surface area (Å²) in [7, 11) is 0. The Morgan fingerprint density at radius 1 is 1.61 bits per heavy atom. The Balaban J connectivity index is 1.81. The summed E-state index contributed by atoms with van der Waals surface area (Å²) in [4.78, 5) is 13.5. The van der Waals surface area contributed by atoms with E-state index >= 15 is 0 Å². The molecular formula is C13H19BrN2OS. The van der Waals surface area contributed by atoms with Crippen LogP contribution < -0.4 is 10.6 Å². The van der Waals surface area contributed by atoms with E-state index in [0.29, 0.717) is 0 Å². The molecule has 1 atom stereocenters. The Bertz CT molecular complexity index is 413. The number of rotatable bonds is 5. The van der Waals surface area contributed by atoms with E-state index in [1.807, 2.05) is 0 Å². The maximum absolute atomic E-state index is 12.2. The lowest BCUT2D eigenvalue weighted by molar-refractivity contribution is -0.130. The predicted molar refractivity (Wildman–Crippen MR) is 78.9 cm³/mol. The van der Waals surface area contributed by atoms with Crippen molar-refractivity contribution in [3.63, 3.8) is 0 Å². The monoisotopic (exact) mass is 330 g/mol. The Morgan fingerprint density at radius 2 is 2.44 bits per heavy atom. The topological polar surface area (TPSA) is 41.1 Å². The predicted octanol–water partition coefficient (Wildman–Crippen LogP) is 2.56. The molecule has 0 spiro atoms. The zero-order valence-corrected chi connectivity index (χ0v) is 13.0. The molecule has 1 fully saturated rings. The number of hydrogen-bond acceptors (Lipinski definition) is 3. The maximum atomic E-state index is 12.2. The van der Waals surface area contributed by atoms with Gasteiger partial charge in [-0.1, -0.05) is 6.92 Å². The summed E-state index contributed by atoms with van der Waals surface area (Å²) >= 11 is 5.18. The first-order valence-corrected chi connectivity index (χ1v) is 8.00. The summed E-state index contributed by atoms with van der Waals surface area (Å²) in [6.45, 7) is 4.61. The number of amides is 1. The molecule has 0 saturated carbocycles. The van der Waals surface area contributed by atoms with Gasteiger partial charge < -0.3 is 10.6 Å². The molecule has 1 unspecified atom stereocenters. The van der Waals surface area contributed by atoms with E-state index in [-0.39, 0.29) is 11.3 Å². The van der Waals surface area contributed by atoms with Crippen molar-refractivity contribution in [3.05, 3.63) is 20.8 Å². The van der Waals surface area contributed by atoms with E-state index in [9.17, 15) is 4.79 Å². The van der Waals surface area contributed by atoms with Crippen molar-refractivity contribution in [2.75, 3.05) is 19.6 Å². The van der Waals surface area contributed by atoms with Crippen LogP contribution in [-0.2, 0) is 11.2 Å². The van der Waals surface area contributed by atoms with Gasteiger partial charge in [0.1, 0.15) is 0 Å². The molecule has 2 N–H and O–H groups in total. The fourth-order valence-corrected chi connectivity index (χ4v) is 3.86. The summed E-state index contributed by atoms with van der Waals surface area (Å²) in [6, 6.07) is 4.16. The fraction of sp³-hybridized carbons (Fsp3) is 0.615. The van der Waals surface area contributed by atoms with E-state index < -0.39 is 0 Å². The Morgan fingerprint density at radius 3 is 3.00 bits per heavy atom. The fourth-order valence-electron chi connectivity index (χ4n) is 2.37. The minimum atomic E-state index is -0.171. The first-order valence-electron chi connectivity index (χ1n) is 6.39. The summed E-state index contributed by atoms with van der Waals surface area (Å²) in [5.41, 5.74) is -0.171. The van der Waals surface area contributed by atoms with Crippen LogP contribution in [0.25, 0.3) is 0 Å². The summed E-state index contributed by atoms with van der Waals surface area (Å²) in [6.07, 6.45) is 2.78. The molecule has 3 nitrogen and oxygen atoms in total. The van der Waals surface area contributed by atoms with Crippen LogP contribution in [0, 0.1) is 5.41 Å². The Kier molecular flexibility index (Phi) is 4.81. The number of carbonyl (C=O) groups is 1. The van der Waals surface area contributed by atoms with Gasteiger partial charge in [-0.3, -0.25) is 4.79 Å². The summed E-state index contributed by atoms with van der Waals surface area (Å²) in [5, 5.41) is 6.38. The number of halogens is 1. The van der Waals surface area contributed by atoms with Crippen LogP contribution in [-0.4, -0.2) is 25.5 Å². The van der Waals surface area contributed by atoms with Gasteiger partial charge in [0.25, 0.3) is 0 Å². The SMILES string of the molecule is CCC1(C(=O)NCCc2ccc(Br)s2)CCNC1. The molecule has 1 saturated heterocycles. The van der Waals surface area contributed by atoms with Crippen molar-refractivity contribution in [2.45, 2.75) is 26.2 Å². The minimum Gasteiger partial charge on any atom is -0.355 e. The third-order valence-electron chi connectivity index (χ3n) is 3.69. The third kappa shape index (κ3) is 3.13. The van der Waals surface area contributed by atoms with E-state index in [1.165, 1.54) is 4.88 Å². The third-order valence-corrected chi connectivity index (χ3v) is 5.37. The zero-order chi connectivity index (χ0) is 13.0. The molecule has 5 heteroatoms. The maximum Gasteiger partial charge on any atom is 0.227 e. The summed E-state index contributed by atoms with van der Waals surface area (Å²) < 4.78 is 1.15. The van der Waals surface area contributed by atoms with Gasteiger partial charge in [0.2, 0.25) is 5.91 Å². The number of thiophene rings is 1. The van der Waals surface area contributed by atoms with Crippen LogP contribution in [0.4, 0.5) is 0 Å². The van der Waals surface area contributed by atoms with Gasteiger partial charge >= 0.3 is 0 Å². The highest BCUT2D eigenvalue weighted by atomic mass is 79.9. The molecule has 0 aromatic carbocycles. The molecule has 100 valence electrons. The van der Waals surface area contributed by atoms with Gasteiger partial charge in [-0.15, -0.1) is 11.3 Å². The molecule has 1 aliphatic heterocycles. The number of hydrogen-bond donors (Lipinski definition) is 2. The molecule has 0 bridgehead atoms. The lowest BCUT2D eigenvalue weighted by Gasteiger charge is -2.25. The van der Waals surface area contributed by atoms with Crippen molar-refractivity contribution >= 4 is 33.2 Å². The van der Waals surface area contributed by atoms with Crippen molar-refractivity contribution < 1.29 is 4.79 Å². The second-order valence-electron chi connectivity index (χ2n) is 4.77. The van der Waals surface area contributed by atoms with Crippen molar-refractivity contribution in [3.8, 4) is 0 Å². The van der Waals surface area contributed by atoms with Crippen molar-refractivity contribution in [2.24, 2.45) is 5.41 Å². The number of nitrogens with one attached hydrogen (secondary N) is 2. The van der Waals surface area contributed by atoms with Gasteiger partial charge in [0.15, 0.2) is 0 Å². The lowest BCUT2D eigenvalue weighted by Crippen LogP contribution is -2.42. The molecule has 1 aromatic heterocycles. The van der Waals surface area contributed by atoms with Crippen LogP contribution in [0.1, 0.15) is 24.6 Å². The van der Waals surface area contributed by atoms with E-state index in [4.69, 9.17) is 0 Å². The molecule has 18 heavy (non-hydrogen) atoms. The Hall–Kier alpha value is -0.390. The average Bonchev–Trinajstić information content (AvgIpc) is 2.99. The van der Waals surface area contributed by atoms with Gasteiger partial charge in [-0.25, -0.2) is 0 Å². The first-order chi connectivity index (χ1) is 8.66. The van der Waals surface area contributed by atoms with Crippen LogP contribution in [0.3, 0.4) is 0 Å². The Labute approximate surface area is 120 Å². The zero-order valence-electron chi connectivity index (χ0n) is 10.6. The quantitative estimate of drug-likeness (QED) is 0.871. The molecular weight excluding hydrogens is 312 g/mol. The molecule has 2 rings (SSSR count). The normalized spacial score (nSPS) is 23.2. The van der Waals surface area contributed by atoms with Gasteiger partial charge in [-0.05, 0) is 53.9 Å². The standard InChI is InChI=1S/C13H19BrN2OS/c1-2-13(6-8-15-9-13)12(17)16-7-5-10-3-4-11(14)18-10/h3-4,15H,2,5-9H2,1H3,(H,16,17). The smallest absolute Gasteiger partial charge is 0.227 e. The van der Waals surface area contributed by atoms with E-state index in [0.717, 1.165) is 42.7 Å². The lowest BCUT2D eigenvalue weighted by atomic mass is 9.83. The molecule has 0 aliphatic carbocycles. The molecule has 2 heterocycles. The van der Waals surface area contributed by atoms with Crippen molar-refractivity contribution in [1.29, 1.82) is 0 Å². The van der Waals surface area contributed by atoms with Crippen LogP contribution in [0.2, 0.25) is 0 Å². The number of carbonyl (C=O) groups excluding carboxylic acids is 1. The average molecular weight is 331 g/mol. The van der Waals surface area contributed by atoms with Crippen molar-refractivity contribution in [1.82, 2.24) is 10.6 Å². The second kappa shape index (κ2) is 6.17. The van der Waals surface area contributed by atoms with Gasteiger partial charge in [0, 0.05) is 18.0 Å². The summed E-state index contributed by atoms with van der Waals surface area (Å²) in [5.74, 6) is 0.214. The molecule has 0 radical (unpaired) electrons. The van der Waals surface area contributed by atoms with Gasteiger partial charge in [0.05, 0.1) is 9.20 Å². The highest BCUT2D eigenvalue weighted by Gasteiger charge is 2.38. The van der Waals surface area contributed by atoms with Gasteiger partial charge in [-0.2, -0.15) is 0 Å². The largest absolute Gasteiger partial charge is 0.355 e. The highest BCUT2D eigenvalue weighted by Crippen LogP contribution is 2.29. The first kappa shape index (κ1) is 14.0.